The van der Waals surface area contributed by atoms with Gasteiger partial charge in [0.15, 0.2) is 17.5 Å². The summed E-state index contributed by atoms with van der Waals surface area (Å²) in [6.45, 7) is 0. The summed E-state index contributed by atoms with van der Waals surface area (Å²) in [4.78, 5) is 15.3. The van der Waals surface area contributed by atoms with Crippen molar-refractivity contribution in [3.8, 4) is 67.5 Å². The molecule has 56 heavy (non-hydrogen) atoms. The van der Waals surface area contributed by atoms with Gasteiger partial charge in [0.05, 0.1) is 0 Å². The highest BCUT2D eigenvalue weighted by atomic mass is 16.3. The molecular weight excluding hydrogens is 687 g/mol. The van der Waals surface area contributed by atoms with Crippen LogP contribution in [0.15, 0.2) is 197 Å². The van der Waals surface area contributed by atoms with Crippen LogP contribution in [0.5, 0.6) is 0 Å². The summed E-state index contributed by atoms with van der Waals surface area (Å²) in [6, 6.07) is 64.5. The van der Waals surface area contributed by atoms with Crippen LogP contribution in [0, 0.1) is 0 Å². The number of aromatic nitrogens is 3. The molecule has 5 heteroatoms. The first kappa shape index (κ1) is 31.9. The van der Waals surface area contributed by atoms with E-state index in [0.29, 0.717) is 17.5 Å². The summed E-state index contributed by atoms with van der Waals surface area (Å²) >= 11 is 0. The highest BCUT2D eigenvalue weighted by Gasteiger charge is 2.20. The standard InChI is InChI=1S/C51H31N3O2/c1-4-13-32(14-5-1)35-19-10-20-38(29-35)50-52-49(34-17-8-3-9-18-34)53-51(54-50)40-22-12-24-46-48(40)42-31-37(26-28-44(42)56-46)39-21-11-23-45-47(39)41-30-36(25-27-43(41)55-45)33-15-6-2-7-16-33/h1-31H. The molecule has 262 valence electrons. The summed E-state index contributed by atoms with van der Waals surface area (Å²) in [6.07, 6.45) is 0. The van der Waals surface area contributed by atoms with Gasteiger partial charge < -0.3 is 8.83 Å². The fourth-order valence-corrected chi connectivity index (χ4v) is 7.87. The highest BCUT2D eigenvalue weighted by Crippen LogP contribution is 2.42. The van der Waals surface area contributed by atoms with E-state index < -0.39 is 0 Å². The van der Waals surface area contributed by atoms with Gasteiger partial charge in [-0.3, -0.25) is 0 Å². The molecular formula is C51H31N3O2. The molecule has 0 unspecified atom stereocenters. The maximum Gasteiger partial charge on any atom is 0.164 e. The fourth-order valence-electron chi connectivity index (χ4n) is 7.87. The largest absolute Gasteiger partial charge is 0.456 e. The van der Waals surface area contributed by atoms with E-state index in [9.17, 15) is 0 Å². The van der Waals surface area contributed by atoms with Gasteiger partial charge in [-0.25, -0.2) is 15.0 Å². The Bertz CT molecular complexity index is 3240. The van der Waals surface area contributed by atoms with E-state index >= 15 is 0 Å². The third kappa shape index (κ3) is 5.45. The van der Waals surface area contributed by atoms with E-state index in [1.54, 1.807) is 0 Å². The minimum atomic E-state index is 0.578. The average Bonchev–Trinajstić information content (AvgIpc) is 3.85. The van der Waals surface area contributed by atoms with Gasteiger partial charge in [0.25, 0.3) is 0 Å². The minimum Gasteiger partial charge on any atom is -0.456 e. The van der Waals surface area contributed by atoms with Crippen LogP contribution in [0.4, 0.5) is 0 Å². The van der Waals surface area contributed by atoms with Gasteiger partial charge in [0, 0.05) is 38.2 Å². The van der Waals surface area contributed by atoms with Gasteiger partial charge in [0.2, 0.25) is 0 Å². The van der Waals surface area contributed by atoms with Gasteiger partial charge >= 0.3 is 0 Å². The molecule has 3 aromatic heterocycles. The molecule has 0 saturated carbocycles. The maximum absolute atomic E-state index is 6.52. The molecule has 0 atom stereocenters. The van der Waals surface area contributed by atoms with Crippen LogP contribution in [0.25, 0.3) is 111 Å². The van der Waals surface area contributed by atoms with Crippen LogP contribution in [0.3, 0.4) is 0 Å². The van der Waals surface area contributed by atoms with Crippen molar-refractivity contribution in [2.75, 3.05) is 0 Å². The Kier molecular flexibility index (Phi) is 7.42. The van der Waals surface area contributed by atoms with Gasteiger partial charge in [-0.1, -0.05) is 146 Å². The van der Waals surface area contributed by atoms with Crippen molar-refractivity contribution < 1.29 is 8.83 Å². The van der Waals surface area contributed by atoms with E-state index in [4.69, 9.17) is 23.8 Å². The van der Waals surface area contributed by atoms with Crippen molar-refractivity contribution in [2.45, 2.75) is 0 Å². The molecule has 0 bridgehead atoms. The maximum atomic E-state index is 6.52. The van der Waals surface area contributed by atoms with Crippen LogP contribution in [0.2, 0.25) is 0 Å². The van der Waals surface area contributed by atoms with Gasteiger partial charge in [-0.15, -0.1) is 0 Å². The van der Waals surface area contributed by atoms with Crippen LogP contribution >= 0.6 is 0 Å². The molecule has 0 saturated heterocycles. The van der Waals surface area contributed by atoms with E-state index in [0.717, 1.165) is 88.4 Å². The molecule has 0 amide bonds. The molecule has 3 heterocycles. The van der Waals surface area contributed by atoms with Gasteiger partial charge in [-0.05, 0) is 75.8 Å². The molecule has 0 aliphatic carbocycles. The van der Waals surface area contributed by atoms with Crippen LogP contribution in [-0.4, -0.2) is 15.0 Å². The summed E-state index contributed by atoms with van der Waals surface area (Å²) in [5.41, 5.74) is 12.7. The second-order valence-corrected chi connectivity index (χ2v) is 14.0. The van der Waals surface area contributed by atoms with Gasteiger partial charge in [0.1, 0.15) is 22.3 Å². The Hall–Kier alpha value is -7.63. The normalized spacial score (nSPS) is 11.6. The van der Waals surface area contributed by atoms with Crippen molar-refractivity contribution in [3.63, 3.8) is 0 Å². The van der Waals surface area contributed by atoms with Crippen LogP contribution in [0.1, 0.15) is 0 Å². The lowest BCUT2D eigenvalue weighted by molar-refractivity contribution is 0.669. The summed E-state index contributed by atoms with van der Waals surface area (Å²) in [7, 11) is 0. The van der Waals surface area contributed by atoms with Crippen molar-refractivity contribution in [1.82, 2.24) is 15.0 Å². The second kappa shape index (κ2) is 13.0. The third-order valence-electron chi connectivity index (χ3n) is 10.5. The monoisotopic (exact) mass is 717 g/mol. The number of nitrogens with zero attached hydrogens (tertiary/aromatic N) is 3. The smallest absolute Gasteiger partial charge is 0.164 e. The van der Waals surface area contributed by atoms with Crippen LogP contribution in [-0.2, 0) is 0 Å². The zero-order valence-corrected chi connectivity index (χ0v) is 30.1. The Morgan fingerprint density at radius 1 is 0.268 bits per heavy atom. The van der Waals surface area contributed by atoms with Gasteiger partial charge in [-0.2, -0.15) is 0 Å². The molecule has 0 fully saturated rings. The quantitative estimate of drug-likeness (QED) is 0.171. The number of fused-ring (bicyclic) bond motifs is 6. The van der Waals surface area contributed by atoms with E-state index in [1.165, 1.54) is 5.56 Å². The lowest BCUT2D eigenvalue weighted by atomic mass is 9.96. The van der Waals surface area contributed by atoms with Crippen molar-refractivity contribution in [3.05, 3.63) is 188 Å². The number of hydrogen-bond donors (Lipinski definition) is 0. The number of furan rings is 2. The third-order valence-corrected chi connectivity index (χ3v) is 10.5. The molecule has 0 aliphatic rings. The first-order valence-electron chi connectivity index (χ1n) is 18.7. The molecule has 0 radical (unpaired) electrons. The van der Waals surface area contributed by atoms with Crippen LogP contribution < -0.4 is 0 Å². The van der Waals surface area contributed by atoms with E-state index in [1.807, 2.05) is 60.7 Å². The number of rotatable bonds is 6. The zero-order chi connectivity index (χ0) is 37.0. The number of benzene rings is 8. The number of hydrogen-bond acceptors (Lipinski definition) is 5. The van der Waals surface area contributed by atoms with Crippen molar-refractivity contribution in [2.24, 2.45) is 0 Å². The predicted octanol–water partition coefficient (Wildman–Crippen LogP) is 13.7. The van der Waals surface area contributed by atoms with Crippen molar-refractivity contribution >= 4 is 43.9 Å². The van der Waals surface area contributed by atoms with Crippen molar-refractivity contribution in [1.29, 1.82) is 0 Å². The molecule has 0 N–H and O–H groups in total. The lowest BCUT2D eigenvalue weighted by Gasteiger charge is -2.10. The van der Waals surface area contributed by atoms with E-state index in [-0.39, 0.29) is 0 Å². The molecule has 0 spiro atoms. The predicted molar refractivity (Wildman–Crippen MR) is 227 cm³/mol. The lowest BCUT2D eigenvalue weighted by Crippen LogP contribution is -2.00. The summed E-state index contributed by atoms with van der Waals surface area (Å²) in [5, 5.41) is 4.10. The first-order chi connectivity index (χ1) is 27.7. The molecule has 8 aromatic carbocycles. The SMILES string of the molecule is c1ccc(-c2cccc(-c3nc(-c4ccccc4)nc(-c4cccc5oc6ccc(-c7cccc8oc9ccc(-c%10ccccc%10)cc9c78)cc6c45)n3)c2)cc1. The first-order valence-corrected chi connectivity index (χ1v) is 18.7. The Morgan fingerprint density at radius 2 is 0.714 bits per heavy atom. The van der Waals surface area contributed by atoms with E-state index in [2.05, 4.69) is 127 Å². The molecule has 11 aromatic rings. The Morgan fingerprint density at radius 3 is 1.36 bits per heavy atom. The topological polar surface area (TPSA) is 65.0 Å². The Balaban J connectivity index is 1.10. The Labute approximate surface area is 322 Å². The molecule has 5 nitrogen and oxygen atoms in total. The molecule has 11 rings (SSSR count). The zero-order valence-electron chi connectivity index (χ0n) is 30.1. The summed E-state index contributed by atoms with van der Waals surface area (Å²) in [5.74, 6) is 1.79. The average molecular weight is 718 g/mol. The summed E-state index contributed by atoms with van der Waals surface area (Å²) < 4.78 is 12.9. The highest BCUT2D eigenvalue weighted by molar-refractivity contribution is 6.16. The molecule has 0 aliphatic heterocycles. The fraction of sp³-hybridized carbons (Fsp3) is 0. The minimum absolute atomic E-state index is 0.578. The second-order valence-electron chi connectivity index (χ2n) is 14.0.